The molecular weight excluding hydrogens is 284 g/mol. The van der Waals surface area contributed by atoms with Gasteiger partial charge in [-0.25, -0.2) is 9.97 Å². The third kappa shape index (κ3) is 1.87. The van der Waals surface area contributed by atoms with Crippen LogP contribution in [-0.2, 0) is 0 Å². The number of hydrogen-bond acceptors (Lipinski definition) is 6. The molecule has 3 atom stereocenters. The van der Waals surface area contributed by atoms with Gasteiger partial charge in [-0.3, -0.25) is 0 Å². The minimum Gasteiger partial charge on any atom is -0.392 e. The van der Waals surface area contributed by atoms with E-state index in [1.165, 1.54) is 6.33 Å². The first-order valence-corrected chi connectivity index (χ1v) is 6.37. The minimum absolute atomic E-state index is 0.200. The summed E-state index contributed by atoms with van der Waals surface area (Å²) in [5.41, 5.74) is 7.20. The number of fused-ring (bicyclic) bond motifs is 1. The summed E-state index contributed by atoms with van der Waals surface area (Å²) in [6.07, 6.45) is 0.942. The number of nitrogens with zero attached hydrogens (tertiary/aromatic N) is 3. The lowest BCUT2D eigenvalue weighted by Crippen LogP contribution is -2.29. The van der Waals surface area contributed by atoms with E-state index < -0.39 is 18.2 Å². The van der Waals surface area contributed by atoms with Crippen LogP contribution < -0.4 is 5.73 Å². The molecule has 0 radical (unpaired) electrons. The third-order valence-corrected chi connectivity index (χ3v) is 3.69. The van der Waals surface area contributed by atoms with Gasteiger partial charge in [-0.05, 0) is 5.57 Å². The maximum atomic E-state index is 10.1. The molecular formula is C12H13ClN4O3. The van der Waals surface area contributed by atoms with Gasteiger partial charge in [-0.1, -0.05) is 17.7 Å². The largest absolute Gasteiger partial charge is 0.392 e. The molecule has 2 aromatic rings. The van der Waals surface area contributed by atoms with Crippen molar-refractivity contribution in [3.63, 3.8) is 0 Å². The average Bonchev–Trinajstić information content (AvgIpc) is 2.93. The second kappa shape index (κ2) is 4.71. The lowest BCUT2D eigenvalue weighted by Gasteiger charge is -2.19. The number of aliphatic hydroxyl groups is 3. The van der Waals surface area contributed by atoms with Gasteiger partial charge in [-0.2, -0.15) is 0 Å². The number of imidazole rings is 1. The lowest BCUT2D eigenvalue weighted by atomic mass is 10.1. The highest BCUT2D eigenvalue weighted by Gasteiger charge is 2.36. The maximum absolute atomic E-state index is 10.1. The highest BCUT2D eigenvalue weighted by Crippen LogP contribution is 2.33. The van der Waals surface area contributed by atoms with Crippen molar-refractivity contribution in [3.05, 3.63) is 29.2 Å². The number of halogens is 1. The lowest BCUT2D eigenvalue weighted by molar-refractivity contribution is 0.0288. The van der Waals surface area contributed by atoms with Gasteiger partial charge in [-0.15, -0.1) is 0 Å². The minimum atomic E-state index is -1.10. The summed E-state index contributed by atoms with van der Waals surface area (Å²) in [6, 6.07) is 1.04. The van der Waals surface area contributed by atoms with Crippen LogP contribution in [0.5, 0.6) is 0 Å². The van der Waals surface area contributed by atoms with E-state index in [0.717, 1.165) is 0 Å². The Morgan fingerprint density at radius 2 is 2.15 bits per heavy atom. The second-order valence-electron chi connectivity index (χ2n) is 4.68. The van der Waals surface area contributed by atoms with Crippen molar-refractivity contribution in [2.24, 2.45) is 0 Å². The van der Waals surface area contributed by atoms with Crippen LogP contribution in [0.4, 0.5) is 5.82 Å². The molecule has 3 rings (SSSR count). The molecule has 0 amide bonds. The first-order valence-electron chi connectivity index (χ1n) is 5.99. The first-order chi connectivity index (χ1) is 9.52. The summed E-state index contributed by atoms with van der Waals surface area (Å²) in [5, 5.41) is 29.3. The Labute approximate surface area is 118 Å². The van der Waals surface area contributed by atoms with E-state index in [2.05, 4.69) is 9.97 Å². The van der Waals surface area contributed by atoms with Crippen LogP contribution >= 0.6 is 11.6 Å². The molecule has 1 aliphatic rings. The van der Waals surface area contributed by atoms with Crippen LogP contribution in [0, 0.1) is 0 Å². The molecule has 0 aromatic carbocycles. The van der Waals surface area contributed by atoms with Gasteiger partial charge in [0.25, 0.3) is 0 Å². The van der Waals surface area contributed by atoms with Crippen LogP contribution in [0.15, 0.2) is 24.0 Å². The Hall–Kier alpha value is -1.67. The summed E-state index contributed by atoms with van der Waals surface area (Å²) in [7, 11) is 0. The summed E-state index contributed by atoms with van der Waals surface area (Å²) >= 11 is 5.88. The monoisotopic (exact) mass is 296 g/mol. The molecule has 0 saturated heterocycles. The van der Waals surface area contributed by atoms with E-state index in [4.69, 9.17) is 22.4 Å². The van der Waals surface area contributed by atoms with Crippen molar-refractivity contribution in [2.75, 3.05) is 12.3 Å². The van der Waals surface area contributed by atoms with Gasteiger partial charge in [0.15, 0.2) is 5.82 Å². The molecule has 5 N–H and O–H groups in total. The summed E-state index contributed by atoms with van der Waals surface area (Å²) < 4.78 is 1.65. The third-order valence-electron chi connectivity index (χ3n) is 3.50. The highest BCUT2D eigenvalue weighted by atomic mass is 35.5. The number of pyridine rings is 1. The molecule has 0 spiro atoms. The quantitative estimate of drug-likeness (QED) is 0.453. The van der Waals surface area contributed by atoms with Gasteiger partial charge >= 0.3 is 0 Å². The van der Waals surface area contributed by atoms with Gasteiger partial charge in [0.05, 0.1) is 24.5 Å². The van der Waals surface area contributed by atoms with E-state index >= 15 is 0 Å². The van der Waals surface area contributed by atoms with Crippen LogP contribution in [0.25, 0.3) is 11.0 Å². The molecule has 0 fully saturated rings. The zero-order chi connectivity index (χ0) is 14.4. The van der Waals surface area contributed by atoms with Crippen molar-refractivity contribution in [1.29, 1.82) is 0 Å². The smallest absolute Gasteiger partial charge is 0.153 e. The first kappa shape index (κ1) is 13.3. The molecule has 0 saturated carbocycles. The van der Waals surface area contributed by atoms with Crippen molar-refractivity contribution in [3.8, 4) is 0 Å². The van der Waals surface area contributed by atoms with E-state index in [9.17, 15) is 10.2 Å². The number of aliphatic hydroxyl groups excluding tert-OH is 3. The average molecular weight is 297 g/mol. The summed E-state index contributed by atoms with van der Waals surface area (Å²) in [4.78, 5) is 8.05. The Morgan fingerprint density at radius 3 is 2.80 bits per heavy atom. The number of hydrogen-bond donors (Lipinski definition) is 4. The van der Waals surface area contributed by atoms with E-state index in [1.54, 1.807) is 16.7 Å². The van der Waals surface area contributed by atoms with E-state index in [1.807, 2.05) is 0 Å². The van der Waals surface area contributed by atoms with Gasteiger partial charge in [0.1, 0.15) is 22.9 Å². The van der Waals surface area contributed by atoms with E-state index in [-0.39, 0.29) is 17.6 Å². The molecule has 2 aromatic heterocycles. The van der Waals surface area contributed by atoms with Crippen molar-refractivity contribution >= 4 is 28.5 Å². The number of nitrogen functional groups attached to an aromatic ring is 1. The fraction of sp³-hybridized carbons (Fsp3) is 0.333. The fourth-order valence-electron chi connectivity index (χ4n) is 2.48. The maximum Gasteiger partial charge on any atom is 0.153 e. The van der Waals surface area contributed by atoms with Gasteiger partial charge in [0, 0.05) is 6.07 Å². The molecule has 0 unspecified atom stereocenters. The Kier molecular flexibility index (Phi) is 3.14. The van der Waals surface area contributed by atoms with Gasteiger partial charge < -0.3 is 25.6 Å². The molecule has 106 valence electrons. The van der Waals surface area contributed by atoms with Crippen LogP contribution in [0.2, 0.25) is 5.15 Å². The Balaban J connectivity index is 2.14. The summed E-state index contributed by atoms with van der Waals surface area (Å²) in [5.74, 6) is 0.200. The molecule has 0 bridgehead atoms. The number of anilines is 1. The molecule has 1 aliphatic carbocycles. The number of nitrogens with two attached hydrogens (primary N) is 1. The SMILES string of the molecule is Nc1nc(Cl)cc2c1ncn2[C@@H]1C=C(CO)[C@@H](O)[C@H]1O. The van der Waals surface area contributed by atoms with Crippen molar-refractivity contribution < 1.29 is 15.3 Å². The molecule has 2 heterocycles. The van der Waals surface area contributed by atoms with Crippen molar-refractivity contribution in [2.45, 2.75) is 18.2 Å². The standard InChI is InChI=1S/C12H13ClN4O3/c13-8-2-6-9(12(14)16-8)15-4-17(6)7-1-5(3-18)10(19)11(7)20/h1-2,4,7,10-11,18-20H,3H2,(H2,14,16)/t7-,10-,11+/m1/s1. The number of rotatable bonds is 2. The Morgan fingerprint density at radius 1 is 1.40 bits per heavy atom. The second-order valence-corrected chi connectivity index (χ2v) is 5.06. The zero-order valence-electron chi connectivity index (χ0n) is 10.3. The predicted molar refractivity (Wildman–Crippen MR) is 73.2 cm³/mol. The van der Waals surface area contributed by atoms with Crippen LogP contribution in [0.3, 0.4) is 0 Å². The van der Waals surface area contributed by atoms with E-state index in [0.29, 0.717) is 16.6 Å². The number of aromatic nitrogens is 3. The predicted octanol–water partition coefficient (Wildman–Crippen LogP) is -0.138. The van der Waals surface area contributed by atoms with Crippen LogP contribution in [0.1, 0.15) is 6.04 Å². The normalized spacial score (nSPS) is 26.2. The highest BCUT2D eigenvalue weighted by molar-refractivity contribution is 6.30. The molecule has 7 nitrogen and oxygen atoms in total. The molecule has 8 heteroatoms. The van der Waals surface area contributed by atoms with Gasteiger partial charge in [0.2, 0.25) is 0 Å². The van der Waals surface area contributed by atoms with Crippen molar-refractivity contribution in [1.82, 2.24) is 14.5 Å². The van der Waals surface area contributed by atoms with Crippen LogP contribution in [-0.4, -0.2) is 48.7 Å². The summed E-state index contributed by atoms with van der Waals surface area (Å²) in [6.45, 7) is -0.314. The Bertz CT molecular complexity index is 699. The topological polar surface area (TPSA) is 117 Å². The zero-order valence-corrected chi connectivity index (χ0v) is 11.1. The molecule has 20 heavy (non-hydrogen) atoms. The fourth-order valence-corrected chi connectivity index (χ4v) is 2.67. The molecule has 0 aliphatic heterocycles.